The highest BCUT2D eigenvalue weighted by Crippen LogP contribution is 2.31. The van der Waals surface area contributed by atoms with Gasteiger partial charge >= 0.3 is 0 Å². The Morgan fingerprint density at radius 3 is 1.62 bits per heavy atom. The second-order valence-corrected chi connectivity index (χ2v) is 6.44. The van der Waals surface area contributed by atoms with Crippen molar-refractivity contribution >= 4 is 29.3 Å². The molecule has 0 bridgehead atoms. The smallest absolute Gasteiger partial charge is 0.283 e. The van der Waals surface area contributed by atoms with Crippen LogP contribution in [0.3, 0.4) is 0 Å². The van der Waals surface area contributed by atoms with Crippen LogP contribution in [0.1, 0.15) is 5.56 Å². The van der Waals surface area contributed by atoms with Crippen molar-refractivity contribution in [3.05, 3.63) is 108 Å². The molecule has 0 unspecified atom stereocenters. The van der Waals surface area contributed by atoms with Gasteiger partial charge in [0.15, 0.2) is 0 Å². The number of nitrogens with zero attached hydrogens (tertiary/aromatic N) is 2. The van der Waals surface area contributed by atoms with Crippen molar-refractivity contribution in [2.24, 2.45) is 0 Å². The molecule has 5 heteroatoms. The molecule has 1 aliphatic rings. The van der Waals surface area contributed by atoms with E-state index < -0.39 is 0 Å². The molecule has 0 radical (unpaired) electrons. The third-order valence-electron chi connectivity index (χ3n) is 4.49. The lowest BCUT2D eigenvalue weighted by molar-refractivity contribution is -0.116. The topological polar surface area (TPSA) is 60.9 Å². The van der Waals surface area contributed by atoms with E-state index in [4.69, 9.17) is 0 Å². The number of rotatable bonds is 4. The van der Waals surface area contributed by atoms with Crippen molar-refractivity contribution in [3.8, 4) is 5.75 Å². The van der Waals surface area contributed by atoms with Crippen LogP contribution in [0.25, 0.3) is 6.08 Å². The minimum absolute atomic E-state index is 0.0766. The lowest BCUT2D eigenvalue weighted by Gasteiger charge is -2.27. The van der Waals surface area contributed by atoms with E-state index in [1.54, 1.807) is 60.7 Å². The SMILES string of the molecule is O=C1C(=CC=Cc2ccc(O)cc2)C(=O)N(c2ccccc2)N1c1ccccc1. The lowest BCUT2D eigenvalue weighted by Crippen LogP contribution is -2.41. The van der Waals surface area contributed by atoms with Gasteiger partial charge in [0.2, 0.25) is 0 Å². The molecule has 29 heavy (non-hydrogen) atoms. The average molecular weight is 382 g/mol. The van der Waals surface area contributed by atoms with E-state index in [1.165, 1.54) is 16.1 Å². The normalized spacial score (nSPS) is 14.1. The maximum Gasteiger partial charge on any atom is 0.283 e. The average Bonchev–Trinajstić information content (AvgIpc) is 3.01. The third-order valence-corrected chi connectivity index (χ3v) is 4.49. The number of aromatic hydroxyl groups is 1. The number of hydrogen-bond acceptors (Lipinski definition) is 3. The zero-order chi connectivity index (χ0) is 20.2. The molecule has 142 valence electrons. The van der Waals surface area contributed by atoms with Crippen molar-refractivity contribution in [3.63, 3.8) is 0 Å². The Morgan fingerprint density at radius 2 is 1.14 bits per heavy atom. The molecule has 0 aliphatic carbocycles. The Kier molecular flexibility index (Phi) is 4.95. The van der Waals surface area contributed by atoms with Crippen LogP contribution in [0.15, 0.2) is 103 Å². The van der Waals surface area contributed by atoms with Crippen LogP contribution >= 0.6 is 0 Å². The number of hydrazine groups is 1. The fraction of sp³-hybridized carbons (Fsp3) is 0. The molecule has 0 atom stereocenters. The molecule has 5 nitrogen and oxygen atoms in total. The number of phenolic OH excluding ortho intramolecular Hbond substituents is 1. The third kappa shape index (κ3) is 3.66. The number of benzene rings is 3. The van der Waals surface area contributed by atoms with Gasteiger partial charge in [-0.05, 0) is 48.0 Å². The summed E-state index contributed by atoms with van der Waals surface area (Å²) in [6, 6.07) is 24.8. The summed E-state index contributed by atoms with van der Waals surface area (Å²) in [5.41, 5.74) is 2.14. The molecule has 2 amide bonds. The molecule has 0 aromatic heterocycles. The summed E-state index contributed by atoms with van der Waals surface area (Å²) in [7, 11) is 0. The number of para-hydroxylation sites is 2. The number of carbonyl (C=O) groups excluding carboxylic acids is 2. The Bertz CT molecular complexity index is 1030. The molecule has 3 aromatic rings. The molecule has 1 aliphatic heterocycles. The van der Waals surface area contributed by atoms with Crippen LogP contribution in [0.2, 0.25) is 0 Å². The predicted octanol–water partition coefficient (Wildman–Crippen LogP) is 4.33. The summed E-state index contributed by atoms with van der Waals surface area (Å²) >= 11 is 0. The van der Waals surface area contributed by atoms with Crippen LogP contribution in [0, 0.1) is 0 Å². The van der Waals surface area contributed by atoms with Gasteiger partial charge < -0.3 is 5.11 Å². The molecule has 1 heterocycles. The number of phenols is 1. The molecule has 0 spiro atoms. The van der Waals surface area contributed by atoms with E-state index in [1.807, 2.05) is 36.4 Å². The van der Waals surface area contributed by atoms with Gasteiger partial charge in [-0.3, -0.25) is 9.59 Å². The summed E-state index contributed by atoms with van der Waals surface area (Å²) in [5, 5.41) is 12.1. The standard InChI is InChI=1S/C24H18N2O3/c27-21-16-14-18(15-17-21)8-7-13-22-23(28)25(19-9-3-1-4-10-19)26(24(22)29)20-11-5-2-6-12-20/h1-17,27H. The van der Waals surface area contributed by atoms with Crippen molar-refractivity contribution in [2.75, 3.05) is 10.0 Å². The summed E-state index contributed by atoms with van der Waals surface area (Å²) in [6.07, 6.45) is 4.95. The Hall–Kier alpha value is -4.12. The zero-order valence-electron chi connectivity index (χ0n) is 15.5. The maximum atomic E-state index is 13.1. The summed E-state index contributed by atoms with van der Waals surface area (Å²) in [6.45, 7) is 0. The Balaban J connectivity index is 1.71. The zero-order valence-corrected chi connectivity index (χ0v) is 15.5. The monoisotopic (exact) mass is 382 g/mol. The molecule has 1 N–H and O–H groups in total. The second-order valence-electron chi connectivity index (χ2n) is 6.44. The molecule has 1 saturated heterocycles. The fourth-order valence-electron chi connectivity index (χ4n) is 3.09. The molecular weight excluding hydrogens is 364 g/mol. The molecule has 0 saturated carbocycles. The number of carbonyl (C=O) groups is 2. The van der Waals surface area contributed by atoms with Gasteiger partial charge in [-0.15, -0.1) is 0 Å². The highest BCUT2D eigenvalue weighted by Gasteiger charge is 2.42. The van der Waals surface area contributed by atoms with Crippen molar-refractivity contribution in [2.45, 2.75) is 0 Å². The first kappa shape index (κ1) is 18.3. The van der Waals surface area contributed by atoms with Crippen LogP contribution in [0.5, 0.6) is 5.75 Å². The predicted molar refractivity (Wildman–Crippen MR) is 113 cm³/mol. The van der Waals surface area contributed by atoms with Gasteiger partial charge in [0, 0.05) is 0 Å². The van der Waals surface area contributed by atoms with Gasteiger partial charge in [0.05, 0.1) is 11.4 Å². The van der Waals surface area contributed by atoms with E-state index in [-0.39, 0.29) is 23.1 Å². The largest absolute Gasteiger partial charge is 0.508 e. The van der Waals surface area contributed by atoms with Gasteiger partial charge in [0.25, 0.3) is 11.8 Å². The van der Waals surface area contributed by atoms with E-state index in [0.29, 0.717) is 11.4 Å². The van der Waals surface area contributed by atoms with Gasteiger partial charge in [-0.1, -0.05) is 60.7 Å². The first-order valence-corrected chi connectivity index (χ1v) is 9.11. The van der Waals surface area contributed by atoms with E-state index in [0.717, 1.165) is 5.56 Å². The van der Waals surface area contributed by atoms with Crippen LogP contribution < -0.4 is 10.0 Å². The highest BCUT2D eigenvalue weighted by atomic mass is 16.3. The first-order valence-electron chi connectivity index (χ1n) is 9.11. The molecular formula is C24H18N2O3. The fourth-order valence-corrected chi connectivity index (χ4v) is 3.09. The van der Waals surface area contributed by atoms with Gasteiger partial charge in [-0.25, -0.2) is 10.0 Å². The van der Waals surface area contributed by atoms with Crippen LogP contribution in [-0.2, 0) is 9.59 Å². The summed E-state index contributed by atoms with van der Waals surface area (Å²) in [5.74, 6) is -0.598. The van der Waals surface area contributed by atoms with Crippen LogP contribution in [0.4, 0.5) is 11.4 Å². The van der Waals surface area contributed by atoms with Gasteiger partial charge in [-0.2, -0.15) is 0 Å². The molecule has 1 fully saturated rings. The molecule has 4 rings (SSSR count). The minimum Gasteiger partial charge on any atom is -0.508 e. The lowest BCUT2D eigenvalue weighted by atomic mass is 10.1. The second kappa shape index (κ2) is 7.86. The van der Waals surface area contributed by atoms with Crippen molar-refractivity contribution < 1.29 is 14.7 Å². The Morgan fingerprint density at radius 1 is 0.655 bits per heavy atom. The van der Waals surface area contributed by atoms with Crippen LogP contribution in [-0.4, -0.2) is 16.9 Å². The number of hydrogen-bond donors (Lipinski definition) is 1. The summed E-state index contributed by atoms with van der Waals surface area (Å²) in [4.78, 5) is 26.2. The quantitative estimate of drug-likeness (QED) is 0.540. The van der Waals surface area contributed by atoms with Gasteiger partial charge in [0.1, 0.15) is 11.3 Å². The number of allylic oxidation sites excluding steroid dienone is 2. The summed E-state index contributed by atoms with van der Waals surface area (Å²) < 4.78 is 0. The highest BCUT2D eigenvalue weighted by molar-refractivity contribution is 6.36. The van der Waals surface area contributed by atoms with E-state index >= 15 is 0 Å². The molecule has 3 aromatic carbocycles. The first-order chi connectivity index (χ1) is 14.1. The minimum atomic E-state index is -0.389. The van der Waals surface area contributed by atoms with E-state index in [2.05, 4.69) is 0 Å². The maximum absolute atomic E-state index is 13.1. The number of anilines is 2. The van der Waals surface area contributed by atoms with Crippen molar-refractivity contribution in [1.82, 2.24) is 0 Å². The number of amides is 2. The Labute approximate surface area is 168 Å². The van der Waals surface area contributed by atoms with Crippen molar-refractivity contribution in [1.29, 1.82) is 0 Å². The van der Waals surface area contributed by atoms with E-state index in [9.17, 15) is 14.7 Å².